The minimum atomic E-state index is -0.102. The third kappa shape index (κ3) is 4.20. The lowest BCUT2D eigenvalue weighted by Gasteiger charge is -2.20. The van der Waals surface area contributed by atoms with Crippen molar-refractivity contribution in [3.05, 3.63) is 23.9 Å². The summed E-state index contributed by atoms with van der Waals surface area (Å²) in [7, 11) is 1.64. The van der Waals surface area contributed by atoms with Crippen LogP contribution in [0, 0.1) is 0 Å². The number of pyridine rings is 1. The summed E-state index contributed by atoms with van der Waals surface area (Å²) in [6.45, 7) is 4.20. The molecular weight excluding hydrogens is 252 g/mol. The first-order valence-electron chi connectivity index (χ1n) is 7.44. The maximum absolute atomic E-state index is 11.7. The van der Waals surface area contributed by atoms with Gasteiger partial charge in [0.25, 0.3) is 5.91 Å². The molecule has 5 nitrogen and oxygen atoms in total. The Bertz CT molecular complexity index is 428. The first-order chi connectivity index (χ1) is 9.81. The minimum absolute atomic E-state index is 0.102. The highest BCUT2D eigenvalue weighted by Crippen LogP contribution is 2.12. The van der Waals surface area contributed by atoms with E-state index >= 15 is 0 Å². The fourth-order valence-electron chi connectivity index (χ4n) is 2.56. The molecule has 2 heterocycles. The minimum Gasteiger partial charge on any atom is -0.368 e. The summed E-state index contributed by atoms with van der Waals surface area (Å²) >= 11 is 0. The number of aromatic nitrogens is 1. The van der Waals surface area contributed by atoms with Gasteiger partial charge in [0.1, 0.15) is 5.82 Å². The van der Waals surface area contributed by atoms with Gasteiger partial charge < -0.3 is 15.5 Å². The van der Waals surface area contributed by atoms with Crippen LogP contribution in [0.1, 0.15) is 36.0 Å². The number of hydrogen-bond donors (Lipinski definition) is 2. The average Bonchev–Trinajstić information content (AvgIpc) is 2.76. The Labute approximate surface area is 120 Å². The van der Waals surface area contributed by atoms with Crippen LogP contribution in [0.5, 0.6) is 0 Å². The number of rotatable bonds is 5. The third-order valence-corrected chi connectivity index (χ3v) is 3.70. The highest BCUT2D eigenvalue weighted by Gasteiger charge is 2.11. The van der Waals surface area contributed by atoms with Crippen molar-refractivity contribution in [2.24, 2.45) is 0 Å². The standard InChI is InChI=1S/C15H24N4O/c1-16-15(20)13-7-6-8-17-14(13)18-9-12-19-10-4-2-3-5-11-19/h6-8H,2-5,9-12H2,1H3,(H,16,20)(H,17,18). The second-order valence-corrected chi connectivity index (χ2v) is 5.16. The highest BCUT2D eigenvalue weighted by atomic mass is 16.1. The van der Waals surface area contributed by atoms with Gasteiger partial charge in [0.15, 0.2) is 0 Å². The van der Waals surface area contributed by atoms with Crippen LogP contribution in [0.15, 0.2) is 18.3 Å². The lowest BCUT2D eigenvalue weighted by molar-refractivity contribution is 0.0963. The van der Waals surface area contributed by atoms with Gasteiger partial charge in [0.05, 0.1) is 5.56 Å². The molecule has 20 heavy (non-hydrogen) atoms. The molecule has 1 aliphatic rings. The number of likely N-dealkylation sites (tertiary alicyclic amines) is 1. The molecule has 1 aromatic heterocycles. The Hall–Kier alpha value is -1.62. The van der Waals surface area contributed by atoms with Gasteiger partial charge in [0.2, 0.25) is 0 Å². The fourth-order valence-corrected chi connectivity index (χ4v) is 2.56. The predicted octanol–water partition coefficient (Wildman–Crippen LogP) is 1.73. The van der Waals surface area contributed by atoms with Crippen LogP contribution < -0.4 is 10.6 Å². The molecular formula is C15H24N4O. The number of nitrogens with one attached hydrogen (secondary N) is 2. The number of carbonyl (C=O) groups is 1. The Balaban J connectivity index is 1.85. The van der Waals surface area contributed by atoms with Crippen molar-refractivity contribution >= 4 is 11.7 Å². The van der Waals surface area contributed by atoms with Gasteiger partial charge >= 0.3 is 0 Å². The Morgan fingerprint density at radius 3 is 2.75 bits per heavy atom. The summed E-state index contributed by atoms with van der Waals surface area (Å²) in [6, 6.07) is 3.57. The van der Waals surface area contributed by atoms with Crippen LogP contribution in [-0.2, 0) is 0 Å². The zero-order chi connectivity index (χ0) is 14.2. The summed E-state index contributed by atoms with van der Waals surface area (Å²) in [5, 5.41) is 5.92. The molecule has 0 bridgehead atoms. The number of hydrogen-bond acceptors (Lipinski definition) is 4. The number of carbonyl (C=O) groups excluding carboxylic acids is 1. The molecule has 1 aromatic rings. The molecule has 0 aliphatic carbocycles. The molecule has 5 heteroatoms. The Kier molecular flexibility index (Phi) is 5.80. The molecule has 0 aromatic carbocycles. The van der Waals surface area contributed by atoms with Crippen molar-refractivity contribution in [2.45, 2.75) is 25.7 Å². The van der Waals surface area contributed by atoms with Crippen molar-refractivity contribution in [3.63, 3.8) is 0 Å². The smallest absolute Gasteiger partial charge is 0.254 e. The normalized spacial score (nSPS) is 16.4. The van der Waals surface area contributed by atoms with Crippen LogP contribution in [0.4, 0.5) is 5.82 Å². The Morgan fingerprint density at radius 2 is 2.05 bits per heavy atom. The van der Waals surface area contributed by atoms with Crippen LogP contribution in [-0.4, -0.2) is 49.0 Å². The number of nitrogens with zero attached hydrogens (tertiary/aromatic N) is 2. The predicted molar refractivity (Wildman–Crippen MR) is 81.0 cm³/mol. The molecule has 2 N–H and O–H groups in total. The van der Waals surface area contributed by atoms with Gasteiger partial charge in [-0.2, -0.15) is 0 Å². The first-order valence-corrected chi connectivity index (χ1v) is 7.44. The molecule has 110 valence electrons. The van der Waals surface area contributed by atoms with E-state index in [9.17, 15) is 4.79 Å². The van der Waals surface area contributed by atoms with E-state index in [-0.39, 0.29) is 5.91 Å². The monoisotopic (exact) mass is 276 g/mol. The van der Waals surface area contributed by atoms with Gasteiger partial charge in [-0.1, -0.05) is 12.8 Å². The van der Waals surface area contributed by atoms with Crippen molar-refractivity contribution in [1.29, 1.82) is 0 Å². The second kappa shape index (κ2) is 7.85. The molecule has 0 radical (unpaired) electrons. The SMILES string of the molecule is CNC(=O)c1cccnc1NCCN1CCCCCC1. The molecule has 0 spiro atoms. The molecule has 0 saturated carbocycles. The van der Waals surface area contributed by atoms with Crippen molar-refractivity contribution in [3.8, 4) is 0 Å². The second-order valence-electron chi connectivity index (χ2n) is 5.16. The van der Waals surface area contributed by atoms with Gasteiger partial charge in [-0.15, -0.1) is 0 Å². The highest BCUT2D eigenvalue weighted by molar-refractivity contribution is 5.98. The molecule has 1 amide bonds. The Morgan fingerprint density at radius 1 is 1.30 bits per heavy atom. The van der Waals surface area contributed by atoms with E-state index in [4.69, 9.17) is 0 Å². The van der Waals surface area contributed by atoms with Crippen molar-refractivity contribution < 1.29 is 4.79 Å². The molecule has 1 saturated heterocycles. The van der Waals surface area contributed by atoms with Crippen LogP contribution >= 0.6 is 0 Å². The zero-order valence-corrected chi connectivity index (χ0v) is 12.2. The summed E-state index contributed by atoms with van der Waals surface area (Å²) in [4.78, 5) is 18.5. The summed E-state index contributed by atoms with van der Waals surface area (Å²) in [5.74, 6) is 0.567. The fraction of sp³-hybridized carbons (Fsp3) is 0.600. The maximum Gasteiger partial charge on any atom is 0.254 e. The third-order valence-electron chi connectivity index (χ3n) is 3.70. The van der Waals surface area contributed by atoms with Gasteiger partial charge in [-0.25, -0.2) is 4.98 Å². The summed E-state index contributed by atoms with van der Waals surface area (Å²) in [6.07, 6.45) is 7.01. The van der Waals surface area contributed by atoms with Gasteiger partial charge in [0, 0.05) is 26.3 Å². The van der Waals surface area contributed by atoms with E-state index in [1.54, 1.807) is 25.4 Å². The lowest BCUT2D eigenvalue weighted by Crippen LogP contribution is -2.30. The molecule has 0 atom stereocenters. The largest absolute Gasteiger partial charge is 0.368 e. The lowest BCUT2D eigenvalue weighted by atomic mass is 10.2. The van der Waals surface area contributed by atoms with E-state index < -0.39 is 0 Å². The van der Waals surface area contributed by atoms with Crippen LogP contribution in [0.2, 0.25) is 0 Å². The molecule has 2 rings (SSSR count). The molecule has 0 unspecified atom stereocenters. The van der Waals surface area contributed by atoms with E-state index in [1.807, 2.05) is 0 Å². The van der Waals surface area contributed by atoms with Crippen molar-refractivity contribution in [2.75, 3.05) is 38.5 Å². The number of anilines is 1. The van der Waals surface area contributed by atoms with Crippen molar-refractivity contribution in [1.82, 2.24) is 15.2 Å². The molecule has 1 fully saturated rings. The quantitative estimate of drug-likeness (QED) is 0.860. The van der Waals surface area contributed by atoms with E-state index in [1.165, 1.54) is 38.8 Å². The van der Waals surface area contributed by atoms with Gasteiger partial charge in [-0.05, 0) is 38.1 Å². The van der Waals surface area contributed by atoms with Crippen LogP contribution in [0.25, 0.3) is 0 Å². The maximum atomic E-state index is 11.7. The topological polar surface area (TPSA) is 57.3 Å². The zero-order valence-electron chi connectivity index (χ0n) is 12.2. The molecule has 1 aliphatic heterocycles. The summed E-state index contributed by atoms with van der Waals surface area (Å²) < 4.78 is 0. The average molecular weight is 276 g/mol. The summed E-state index contributed by atoms with van der Waals surface area (Å²) in [5.41, 5.74) is 0.603. The van der Waals surface area contributed by atoms with E-state index in [2.05, 4.69) is 20.5 Å². The van der Waals surface area contributed by atoms with E-state index in [0.29, 0.717) is 11.4 Å². The van der Waals surface area contributed by atoms with Crippen LogP contribution in [0.3, 0.4) is 0 Å². The van der Waals surface area contributed by atoms with Gasteiger partial charge in [-0.3, -0.25) is 4.79 Å². The first kappa shape index (κ1) is 14.8. The number of amides is 1. The van der Waals surface area contributed by atoms with E-state index in [0.717, 1.165) is 13.1 Å².